The maximum atomic E-state index is 13.9. The van der Waals surface area contributed by atoms with Crippen LogP contribution in [0.15, 0.2) is 35.2 Å². The van der Waals surface area contributed by atoms with Crippen molar-refractivity contribution < 1.29 is 23.1 Å². The SMILES string of the molecule is CN(C)S(=O)(=O)c1cc2c(cc1N1CCN(C(=O)O)CC1)C(C)(C)c1[nH]c3cc(C#N)ccc3c1C2=O. The van der Waals surface area contributed by atoms with E-state index in [2.05, 4.69) is 11.1 Å². The van der Waals surface area contributed by atoms with E-state index in [1.54, 1.807) is 24.3 Å². The molecular weight excluding hydrogens is 494 g/mol. The topological polar surface area (TPSA) is 138 Å². The van der Waals surface area contributed by atoms with Crippen LogP contribution >= 0.6 is 0 Å². The average Bonchev–Trinajstić information content (AvgIpc) is 3.26. The first-order chi connectivity index (χ1) is 17.4. The Kier molecular flexibility index (Phi) is 5.58. The van der Waals surface area contributed by atoms with Gasteiger partial charge >= 0.3 is 6.09 Å². The van der Waals surface area contributed by atoms with E-state index in [9.17, 15) is 28.4 Å². The van der Waals surface area contributed by atoms with Crippen LogP contribution in [0.4, 0.5) is 10.5 Å². The maximum Gasteiger partial charge on any atom is 0.407 e. The third-order valence-electron chi connectivity index (χ3n) is 7.45. The molecule has 1 saturated heterocycles. The molecule has 0 spiro atoms. The van der Waals surface area contributed by atoms with Gasteiger partial charge in [-0.1, -0.05) is 19.9 Å². The van der Waals surface area contributed by atoms with Gasteiger partial charge in [-0.25, -0.2) is 17.5 Å². The van der Waals surface area contributed by atoms with Crippen LogP contribution in [0.3, 0.4) is 0 Å². The van der Waals surface area contributed by atoms with Gasteiger partial charge in [0, 0.05) is 67.8 Å². The Morgan fingerprint density at radius 1 is 1.14 bits per heavy atom. The Balaban J connectivity index is 1.73. The number of aromatic amines is 1. The predicted octanol–water partition coefficient (Wildman–Crippen LogP) is 2.96. The second-order valence-electron chi connectivity index (χ2n) is 10.1. The first-order valence-corrected chi connectivity index (χ1v) is 13.3. The molecule has 0 unspecified atom stereocenters. The summed E-state index contributed by atoms with van der Waals surface area (Å²) in [6.45, 7) is 5.08. The first kappa shape index (κ1) is 24.8. The van der Waals surface area contributed by atoms with Crippen LogP contribution in [-0.4, -0.2) is 79.9 Å². The number of H-pyrrole nitrogens is 1. The molecule has 0 atom stereocenters. The zero-order valence-corrected chi connectivity index (χ0v) is 21.8. The highest BCUT2D eigenvalue weighted by atomic mass is 32.2. The van der Waals surface area contributed by atoms with E-state index in [0.29, 0.717) is 57.6 Å². The van der Waals surface area contributed by atoms with E-state index in [-0.39, 0.29) is 23.8 Å². The van der Waals surface area contributed by atoms with Crippen LogP contribution in [-0.2, 0) is 15.4 Å². The number of rotatable bonds is 3. The summed E-state index contributed by atoms with van der Waals surface area (Å²) in [6, 6.07) is 10.5. The number of carbonyl (C=O) groups excluding carboxylic acids is 1. The van der Waals surface area contributed by atoms with Crippen LogP contribution in [0, 0.1) is 11.3 Å². The number of hydrogen-bond acceptors (Lipinski definition) is 6. The van der Waals surface area contributed by atoms with E-state index in [0.717, 1.165) is 4.31 Å². The summed E-state index contributed by atoms with van der Waals surface area (Å²) in [5.41, 5.74) is 3.10. The molecule has 11 heteroatoms. The Bertz CT molecular complexity index is 1620. The number of anilines is 1. The molecule has 1 aliphatic heterocycles. The van der Waals surface area contributed by atoms with Crippen LogP contribution in [0.25, 0.3) is 10.9 Å². The molecule has 37 heavy (non-hydrogen) atoms. The van der Waals surface area contributed by atoms with Crippen molar-refractivity contribution >= 4 is 38.5 Å². The highest BCUT2D eigenvalue weighted by Crippen LogP contribution is 2.46. The lowest BCUT2D eigenvalue weighted by Crippen LogP contribution is -2.49. The van der Waals surface area contributed by atoms with Crippen molar-refractivity contribution in [3.63, 3.8) is 0 Å². The Hall–Kier alpha value is -3.88. The highest BCUT2D eigenvalue weighted by Gasteiger charge is 2.42. The molecule has 0 radical (unpaired) electrons. The fourth-order valence-electron chi connectivity index (χ4n) is 5.30. The minimum atomic E-state index is -3.93. The standard InChI is InChI=1S/C26H27N5O5S/c1-26(2)18-13-20(30-7-9-31(10-8-30)25(33)34)21(37(35,36)29(3)4)12-17(18)23(32)22-16-6-5-15(14-27)11-19(16)28-24(22)26/h5-6,11-13,28H,7-10H2,1-4H3,(H,33,34). The lowest BCUT2D eigenvalue weighted by molar-refractivity contribution is 0.103. The predicted molar refractivity (Wildman–Crippen MR) is 138 cm³/mol. The fraction of sp³-hybridized carbons (Fsp3) is 0.346. The van der Waals surface area contributed by atoms with E-state index >= 15 is 0 Å². The number of nitrogens with one attached hydrogen (secondary N) is 1. The molecule has 3 aromatic rings. The maximum absolute atomic E-state index is 13.9. The van der Waals surface area contributed by atoms with Gasteiger partial charge in [-0.3, -0.25) is 4.79 Å². The number of amides is 1. The minimum absolute atomic E-state index is 0.0132. The Morgan fingerprint density at radius 3 is 2.41 bits per heavy atom. The summed E-state index contributed by atoms with van der Waals surface area (Å²) in [6.07, 6.45) is -1.01. The number of nitrogens with zero attached hydrogens (tertiary/aromatic N) is 4. The van der Waals surface area contributed by atoms with Crippen molar-refractivity contribution in [2.24, 2.45) is 0 Å². The molecular formula is C26H27N5O5S. The zero-order chi connectivity index (χ0) is 26.9. The van der Waals surface area contributed by atoms with Gasteiger partial charge in [0.2, 0.25) is 10.0 Å². The molecule has 0 bridgehead atoms. The number of aromatic nitrogens is 1. The number of fused-ring (bicyclic) bond motifs is 4. The van der Waals surface area contributed by atoms with Crippen LogP contribution < -0.4 is 4.90 Å². The molecule has 1 fully saturated rings. The van der Waals surface area contributed by atoms with Gasteiger partial charge in [-0.15, -0.1) is 0 Å². The third kappa shape index (κ3) is 3.67. The number of carboxylic acid groups (broad SMARTS) is 1. The molecule has 2 aliphatic rings. The van der Waals surface area contributed by atoms with E-state index in [1.807, 2.05) is 18.7 Å². The minimum Gasteiger partial charge on any atom is -0.465 e. The molecule has 5 rings (SSSR count). The number of benzene rings is 2. The smallest absolute Gasteiger partial charge is 0.407 e. The summed E-state index contributed by atoms with van der Waals surface area (Å²) in [7, 11) is -1.05. The summed E-state index contributed by atoms with van der Waals surface area (Å²) in [5, 5.41) is 19.3. The van der Waals surface area contributed by atoms with Gasteiger partial charge in [-0.2, -0.15) is 5.26 Å². The van der Waals surface area contributed by atoms with Crippen molar-refractivity contribution in [2.75, 3.05) is 45.2 Å². The van der Waals surface area contributed by atoms with Crippen LogP contribution in [0.5, 0.6) is 0 Å². The monoisotopic (exact) mass is 521 g/mol. The first-order valence-electron chi connectivity index (χ1n) is 11.8. The second kappa shape index (κ2) is 8.33. The van der Waals surface area contributed by atoms with Crippen molar-refractivity contribution in [1.29, 1.82) is 5.26 Å². The molecule has 2 N–H and O–H groups in total. The Labute approximate surface area is 214 Å². The molecule has 1 amide bonds. The largest absolute Gasteiger partial charge is 0.465 e. The number of sulfonamides is 1. The van der Waals surface area contributed by atoms with Gasteiger partial charge in [0.25, 0.3) is 0 Å². The summed E-state index contributed by atoms with van der Waals surface area (Å²) >= 11 is 0. The highest BCUT2D eigenvalue weighted by molar-refractivity contribution is 7.89. The van der Waals surface area contributed by atoms with Crippen molar-refractivity contribution in [3.8, 4) is 6.07 Å². The van der Waals surface area contributed by atoms with Gasteiger partial charge < -0.3 is 19.9 Å². The van der Waals surface area contributed by atoms with Crippen LogP contribution in [0.1, 0.15) is 46.6 Å². The molecule has 1 aromatic heterocycles. The number of nitriles is 1. The van der Waals surface area contributed by atoms with E-state index < -0.39 is 21.5 Å². The molecule has 1 aliphatic carbocycles. The number of carbonyl (C=O) groups is 2. The third-order valence-corrected chi connectivity index (χ3v) is 9.29. The number of piperazine rings is 1. The number of hydrogen-bond donors (Lipinski definition) is 2. The summed E-state index contributed by atoms with van der Waals surface area (Å²) in [5.74, 6) is -0.280. The molecule has 10 nitrogen and oxygen atoms in total. The summed E-state index contributed by atoms with van der Waals surface area (Å²) < 4.78 is 28.0. The van der Waals surface area contributed by atoms with E-state index in [4.69, 9.17) is 0 Å². The van der Waals surface area contributed by atoms with Gasteiger partial charge in [0.15, 0.2) is 5.78 Å². The number of ketones is 1. The Morgan fingerprint density at radius 2 is 1.81 bits per heavy atom. The van der Waals surface area contributed by atoms with Crippen molar-refractivity contribution in [2.45, 2.75) is 24.2 Å². The fourth-order valence-corrected chi connectivity index (χ4v) is 6.42. The molecule has 2 aromatic carbocycles. The quantitative estimate of drug-likeness (QED) is 0.540. The van der Waals surface area contributed by atoms with E-state index in [1.165, 1.54) is 25.1 Å². The van der Waals surface area contributed by atoms with Crippen molar-refractivity contribution in [1.82, 2.24) is 14.2 Å². The zero-order valence-electron chi connectivity index (χ0n) is 21.0. The lowest BCUT2D eigenvalue weighted by atomic mass is 9.71. The van der Waals surface area contributed by atoms with Crippen LogP contribution in [0.2, 0.25) is 0 Å². The summed E-state index contributed by atoms with van der Waals surface area (Å²) in [4.78, 5) is 31.8. The molecule has 0 saturated carbocycles. The second-order valence-corrected chi connectivity index (χ2v) is 12.2. The molecule has 192 valence electrons. The van der Waals surface area contributed by atoms with Crippen molar-refractivity contribution in [3.05, 3.63) is 58.3 Å². The van der Waals surface area contributed by atoms with Gasteiger partial charge in [-0.05, 0) is 29.8 Å². The van der Waals surface area contributed by atoms with Gasteiger partial charge in [0.1, 0.15) is 4.90 Å². The molecule has 2 heterocycles. The average molecular weight is 522 g/mol. The lowest BCUT2D eigenvalue weighted by Gasteiger charge is -2.38. The van der Waals surface area contributed by atoms with Gasteiger partial charge in [0.05, 0.1) is 22.9 Å². The normalized spacial score (nSPS) is 17.0.